The Hall–Kier alpha value is -1.09. The fourth-order valence-electron chi connectivity index (χ4n) is 3.07. The number of benzene rings is 1. The van der Waals surface area contributed by atoms with E-state index in [0.29, 0.717) is 0 Å². The predicted molar refractivity (Wildman–Crippen MR) is 58.8 cm³/mol. The Labute approximate surface area is 89.1 Å². The molecule has 80 valence electrons. The van der Waals surface area contributed by atoms with Crippen molar-refractivity contribution in [1.82, 2.24) is 5.32 Å². The number of likely N-dealkylation sites (N-methyl/N-ethyl adjacent to an activating group) is 1. The molecule has 2 nitrogen and oxygen atoms in total. The second-order valence-corrected chi connectivity index (χ2v) is 4.70. The summed E-state index contributed by atoms with van der Waals surface area (Å²) >= 11 is 0. The molecule has 1 atom stereocenters. The van der Waals surface area contributed by atoms with Gasteiger partial charge in [-0.25, -0.2) is 4.39 Å². The summed E-state index contributed by atoms with van der Waals surface area (Å²) in [5, 5.41) is 3.35. The quantitative estimate of drug-likeness (QED) is 0.692. The van der Waals surface area contributed by atoms with Crippen LogP contribution in [-0.2, 0) is 5.41 Å². The van der Waals surface area contributed by atoms with Crippen molar-refractivity contribution in [3.05, 3.63) is 29.6 Å². The van der Waals surface area contributed by atoms with E-state index in [2.05, 4.69) is 10.2 Å². The number of fused-ring (bicyclic) bond motifs is 2. The third-order valence-corrected chi connectivity index (χ3v) is 3.72. The number of hydrogen-bond donors (Lipinski definition) is 1. The van der Waals surface area contributed by atoms with Crippen LogP contribution in [0.1, 0.15) is 12.0 Å². The molecule has 0 saturated carbocycles. The molecular weight excluding hydrogens is 191 g/mol. The average Bonchev–Trinajstić information content (AvgIpc) is 2.76. The van der Waals surface area contributed by atoms with Gasteiger partial charge in [0.05, 0.1) is 0 Å². The maximum Gasteiger partial charge on any atom is 0.129 e. The van der Waals surface area contributed by atoms with Crippen LogP contribution >= 0.6 is 0 Å². The van der Waals surface area contributed by atoms with Crippen LogP contribution in [-0.4, -0.2) is 26.7 Å². The van der Waals surface area contributed by atoms with Crippen LogP contribution in [0, 0.1) is 5.82 Å². The zero-order valence-corrected chi connectivity index (χ0v) is 8.89. The highest BCUT2D eigenvalue weighted by atomic mass is 19.1. The Kier molecular flexibility index (Phi) is 1.80. The van der Waals surface area contributed by atoms with E-state index in [9.17, 15) is 4.39 Å². The number of halogens is 1. The first-order valence-electron chi connectivity index (χ1n) is 5.44. The van der Waals surface area contributed by atoms with E-state index < -0.39 is 0 Å². The number of anilines is 1. The lowest BCUT2D eigenvalue weighted by Crippen LogP contribution is -2.34. The van der Waals surface area contributed by atoms with E-state index in [1.165, 1.54) is 0 Å². The highest BCUT2D eigenvalue weighted by molar-refractivity contribution is 5.63. The summed E-state index contributed by atoms with van der Waals surface area (Å²) in [6.45, 7) is 2.85. The second kappa shape index (κ2) is 2.95. The van der Waals surface area contributed by atoms with Crippen molar-refractivity contribution in [2.75, 3.05) is 31.6 Å². The number of nitrogens with one attached hydrogen (secondary N) is 1. The molecule has 1 N–H and O–H groups in total. The molecule has 2 aliphatic heterocycles. The molecule has 0 radical (unpaired) electrons. The van der Waals surface area contributed by atoms with Crippen LogP contribution in [0.2, 0.25) is 0 Å². The van der Waals surface area contributed by atoms with Crippen molar-refractivity contribution >= 4 is 5.69 Å². The minimum Gasteiger partial charge on any atom is -0.373 e. The summed E-state index contributed by atoms with van der Waals surface area (Å²) in [5.41, 5.74) is 2.02. The molecule has 1 saturated heterocycles. The Balaban J connectivity index is 2.19. The van der Waals surface area contributed by atoms with Crippen LogP contribution < -0.4 is 10.2 Å². The van der Waals surface area contributed by atoms with Crippen LogP contribution in [0.15, 0.2) is 18.2 Å². The van der Waals surface area contributed by atoms with Gasteiger partial charge < -0.3 is 10.2 Å². The number of rotatable bonds is 0. The van der Waals surface area contributed by atoms with Crippen LogP contribution in [0.5, 0.6) is 0 Å². The Morgan fingerprint density at radius 1 is 1.47 bits per heavy atom. The molecule has 0 bridgehead atoms. The van der Waals surface area contributed by atoms with E-state index in [4.69, 9.17) is 0 Å². The molecule has 2 heterocycles. The minimum atomic E-state index is -0.0412. The third-order valence-electron chi connectivity index (χ3n) is 3.72. The van der Waals surface area contributed by atoms with Gasteiger partial charge in [-0.3, -0.25) is 0 Å². The molecular formula is C12H15FN2. The normalized spacial score (nSPS) is 28.8. The number of nitrogens with zero attached hydrogens (tertiary/aromatic N) is 1. The Morgan fingerprint density at radius 2 is 2.33 bits per heavy atom. The van der Waals surface area contributed by atoms with Gasteiger partial charge in [0.15, 0.2) is 0 Å². The van der Waals surface area contributed by atoms with E-state index in [-0.39, 0.29) is 11.2 Å². The van der Waals surface area contributed by atoms with Crippen molar-refractivity contribution in [2.24, 2.45) is 0 Å². The highest BCUT2D eigenvalue weighted by Crippen LogP contribution is 2.44. The zero-order valence-electron chi connectivity index (χ0n) is 8.89. The van der Waals surface area contributed by atoms with Gasteiger partial charge in [0.2, 0.25) is 0 Å². The smallest absolute Gasteiger partial charge is 0.129 e. The summed E-state index contributed by atoms with van der Waals surface area (Å²) in [6.07, 6.45) is 1.05. The summed E-state index contributed by atoms with van der Waals surface area (Å²) < 4.78 is 13.9. The molecule has 3 rings (SSSR count). The first kappa shape index (κ1) is 9.16. The predicted octanol–water partition coefficient (Wildman–Crippen LogP) is 1.51. The van der Waals surface area contributed by atoms with Gasteiger partial charge >= 0.3 is 0 Å². The van der Waals surface area contributed by atoms with Gasteiger partial charge in [-0.2, -0.15) is 0 Å². The topological polar surface area (TPSA) is 15.3 Å². The molecule has 0 amide bonds. The first-order valence-corrected chi connectivity index (χ1v) is 5.44. The summed E-state index contributed by atoms with van der Waals surface area (Å²) in [7, 11) is 2.05. The lowest BCUT2D eigenvalue weighted by atomic mass is 9.81. The monoisotopic (exact) mass is 206 g/mol. The molecule has 1 fully saturated rings. The molecule has 0 aromatic heterocycles. The SMILES string of the molecule is CN1CC2(CCNC2)c2c(F)cccc21. The van der Waals surface area contributed by atoms with Gasteiger partial charge in [-0.05, 0) is 25.1 Å². The van der Waals surface area contributed by atoms with Gasteiger partial charge in [0.1, 0.15) is 5.82 Å². The summed E-state index contributed by atoms with van der Waals surface area (Å²) in [5.74, 6) is -0.0412. The van der Waals surface area contributed by atoms with Gasteiger partial charge in [-0.1, -0.05) is 6.07 Å². The van der Waals surface area contributed by atoms with E-state index in [1.54, 1.807) is 12.1 Å². The second-order valence-electron chi connectivity index (χ2n) is 4.70. The van der Waals surface area contributed by atoms with E-state index in [0.717, 1.165) is 37.3 Å². The Bertz CT molecular complexity index is 397. The van der Waals surface area contributed by atoms with Crippen molar-refractivity contribution in [1.29, 1.82) is 0 Å². The van der Waals surface area contributed by atoms with Crippen LogP contribution in [0.25, 0.3) is 0 Å². The molecule has 1 aromatic rings. The highest BCUT2D eigenvalue weighted by Gasteiger charge is 2.45. The molecule has 2 aliphatic rings. The molecule has 1 spiro atoms. The van der Waals surface area contributed by atoms with Gasteiger partial charge in [0, 0.05) is 36.8 Å². The fraction of sp³-hybridized carbons (Fsp3) is 0.500. The van der Waals surface area contributed by atoms with Crippen molar-refractivity contribution in [3.8, 4) is 0 Å². The van der Waals surface area contributed by atoms with Crippen LogP contribution in [0.4, 0.5) is 10.1 Å². The summed E-state index contributed by atoms with van der Waals surface area (Å²) in [4.78, 5) is 2.17. The molecule has 0 aliphatic carbocycles. The standard InChI is InChI=1S/C12H15FN2/c1-15-8-12(5-6-14-7-12)11-9(13)3-2-4-10(11)15/h2-4,14H,5-8H2,1H3. The van der Waals surface area contributed by atoms with E-state index >= 15 is 0 Å². The lowest BCUT2D eigenvalue weighted by Gasteiger charge is -2.23. The van der Waals surface area contributed by atoms with Crippen molar-refractivity contribution < 1.29 is 4.39 Å². The molecule has 1 aromatic carbocycles. The van der Waals surface area contributed by atoms with Crippen molar-refractivity contribution in [3.63, 3.8) is 0 Å². The first-order chi connectivity index (χ1) is 7.23. The zero-order chi connectivity index (χ0) is 10.5. The van der Waals surface area contributed by atoms with E-state index in [1.807, 2.05) is 13.1 Å². The maximum atomic E-state index is 13.9. The fourth-order valence-corrected chi connectivity index (χ4v) is 3.07. The third kappa shape index (κ3) is 1.13. The molecule has 3 heteroatoms. The Morgan fingerprint density at radius 3 is 3.07 bits per heavy atom. The van der Waals surface area contributed by atoms with Crippen LogP contribution in [0.3, 0.4) is 0 Å². The minimum absolute atomic E-state index is 0.0232. The molecule has 1 unspecified atom stereocenters. The molecule has 15 heavy (non-hydrogen) atoms. The lowest BCUT2D eigenvalue weighted by molar-refractivity contribution is 0.474. The summed E-state index contributed by atoms with van der Waals surface area (Å²) in [6, 6.07) is 5.40. The maximum absolute atomic E-state index is 13.9. The number of hydrogen-bond acceptors (Lipinski definition) is 2. The van der Waals surface area contributed by atoms with Gasteiger partial charge in [0.25, 0.3) is 0 Å². The van der Waals surface area contributed by atoms with Crippen molar-refractivity contribution in [2.45, 2.75) is 11.8 Å². The van der Waals surface area contributed by atoms with Gasteiger partial charge in [-0.15, -0.1) is 0 Å². The largest absolute Gasteiger partial charge is 0.373 e. The average molecular weight is 206 g/mol.